The van der Waals surface area contributed by atoms with E-state index >= 15 is 0 Å². The summed E-state index contributed by atoms with van der Waals surface area (Å²) < 4.78 is 28.4. The number of carbonyl (C=O) groups is 1. The third-order valence-electron chi connectivity index (χ3n) is 4.87. The largest absolute Gasteiger partial charge is 0.320 e. The monoisotopic (exact) mass is 456 g/mol. The van der Waals surface area contributed by atoms with Crippen molar-refractivity contribution in [3.05, 3.63) is 70.8 Å². The number of halogens is 1. The Hall–Kier alpha value is -3.15. The molecule has 31 heavy (non-hydrogen) atoms. The zero-order chi connectivity index (χ0) is 22.4. The highest BCUT2D eigenvalue weighted by Crippen LogP contribution is 2.28. The SMILES string of the molecule is CCCCc1nc(Cl)c(C=O)n1Cc1ccc(-c2ccccc2S(=O)(=O)NC#N)cc1. The Morgan fingerprint density at radius 3 is 2.55 bits per heavy atom. The van der Waals surface area contributed by atoms with Crippen molar-refractivity contribution in [3.8, 4) is 17.3 Å². The number of unbranched alkanes of at least 4 members (excludes halogenated alkanes) is 1. The van der Waals surface area contributed by atoms with Crippen molar-refractivity contribution in [2.45, 2.75) is 37.6 Å². The molecule has 1 heterocycles. The van der Waals surface area contributed by atoms with Crippen molar-refractivity contribution in [2.24, 2.45) is 0 Å². The van der Waals surface area contributed by atoms with Crippen molar-refractivity contribution in [1.29, 1.82) is 5.26 Å². The first-order valence-electron chi connectivity index (χ1n) is 9.70. The molecule has 1 N–H and O–H groups in total. The highest BCUT2D eigenvalue weighted by Gasteiger charge is 2.19. The number of nitrogens with one attached hydrogen (secondary N) is 1. The summed E-state index contributed by atoms with van der Waals surface area (Å²) in [6.45, 7) is 2.50. The third kappa shape index (κ3) is 4.95. The van der Waals surface area contributed by atoms with Crippen molar-refractivity contribution in [3.63, 3.8) is 0 Å². The average Bonchev–Trinajstić information content (AvgIpc) is 3.06. The fraction of sp³-hybridized carbons (Fsp3) is 0.227. The van der Waals surface area contributed by atoms with Gasteiger partial charge < -0.3 is 4.57 Å². The standard InChI is InChI=1S/C22H21ClN4O3S/c1-2-3-8-21-26-22(23)19(14-28)27(21)13-16-9-11-17(12-10-16)18-6-4-5-7-20(18)31(29,30)25-15-24/h4-7,9-12,14,25H,2-3,8,13H2,1H3. The fourth-order valence-corrected chi connectivity index (χ4v) is 4.53. The molecule has 9 heteroatoms. The Balaban J connectivity index is 1.93. The Kier molecular flexibility index (Phi) is 7.10. The number of benzene rings is 2. The van der Waals surface area contributed by atoms with E-state index in [0.717, 1.165) is 30.7 Å². The number of rotatable bonds is 9. The first-order chi connectivity index (χ1) is 14.9. The summed E-state index contributed by atoms with van der Waals surface area (Å²) in [5.41, 5.74) is 2.43. The molecular formula is C22H21ClN4O3S. The van der Waals surface area contributed by atoms with Gasteiger partial charge in [0.15, 0.2) is 17.6 Å². The number of aldehydes is 1. The smallest absolute Gasteiger partial charge is 0.270 e. The summed E-state index contributed by atoms with van der Waals surface area (Å²) in [5, 5.41) is 8.94. The van der Waals surface area contributed by atoms with Gasteiger partial charge >= 0.3 is 0 Å². The van der Waals surface area contributed by atoms with Gasteiger partial charge in [0.05, 0.1) is 4.90 Å². The van der Waals surface area contributed by atoms with Crippen LogP contribution in [0.15, 0.2) is 53.4 Å². The van der Waals surface area contributed by atoms with Gasteiger partial charge in [0.25, 0.3) is 10.0 Å². The molecule has 1 aromatic heterocycles. The van der Waals surface area contributed by atoms with Crippen LogP contribution in [0, 0.1) is 11.5 Å². The molecule has 0 spiro atoms. The summed E-state index contributed by atoms with van der Waals surface area (Å²) in [6, 6.07) is 13.8. The predicted molar refractivity (Wildman–Crippen MR) is 118 cm³/mol. The first-order valence-corrected chi connectivity index (χ1v) is 11.6. The maximum Gasteiger partial charge on any atom is 0.270 e. The van der Waals surface area contributed by atoms with Gasteiger partial charge in [-0.05, 0) is 23.6 Å². The van der Waals surface area contributed by atoms with E-state index in [0.29, 0.717) is 29.7 Å². The number of aromatic nitrogens is 2. The van der Waals surface area contributed by atoms with Gasteiger partial charge in [-0.3, -0.25) is 4.79 Å². The van der Waals surface area contributed by atoms with Crippen LogP contribution in [-0.2, 0) is 23.0 Å². The topological polar surface area (TPSA) is 105 Å². The Morgan fingerprint density at radius 2 is 1.90 bits per heavy atom. The van der Waals surface area contributed by atoms with E-state index in [-0.39, 0.29) is 10.0 Å². The molecule has 3 aromatic rings. The molecule has 0 aliphatic rings. The lowest BCUT2D eigenvalue weighted by atomic mass is 10.0. The molecule has 0 fully saturated rings. The van der Waals surface area contributed by atoms with Gasteiger partial charge in [-0.15, -0.1) is 0 Å². The number of nitrogens with zero attached hydrogens (tertiary/aromatic N) is 3. The number of imidazole rings is 1. The van der Waals surface area contributed by atoms with Crippen LogP contribution in [0.2, 0.25) is 5.15 Å². The average molecular weight is 457 g/mol. The van der Waals surface area contributed by atoms with Crippen LogP contribution < -0.4 is 4.72 Å². The highest BCUT2D eigenvalue weighted by molar-refractivity contribution is 7.89. The van der Waals surface area contributed by atoms with Gasteiger partial charge in [0, 0.05) is 18.5 Å². The minimum atomic E-state index is -3.95. The zero-order valence-electron chi connectivity index (χ0n) is 16.9. The lowest BCUT2D eigenvalue weighted by molar-refractivity contribution is 0.111. The lowest BCUT2D eigenvalue weighted by Gasteiger charge is -2.12. The number of aryl methyl sites for hydroxylation is 1. The Labute approximate surface area is 186 Å². The third-order valence-corrected chi connectivity index (χ3v) is 6.44. The van der Waals surface area contributed by atoms with E-state index in [4.69, 9.17) is 16.9 Å². The van der Waals surface area contributed by atoms with Crippen LogP contribution in [-0.4, -0.2) is 24.3 Å². The molecule has 2 aromatic carbocycles. The van der Waals surface area contributed by atoms with E-state index in [1.807, 2.05) is 21.4 Å². The molecule has 0 radical (unpaired) electrons. The molecule has 0 aliphatic carbocycles. The molecule has 0 aliphatic heterocycles. The van der Waals surface area contributed by atoms with Crippen molar-refractivity contribution in [2.75, 3.05) is 0 Å². The summed E-state index contributed by atoms with van der Waals surface area (Å²) in [6.07, 6.45) is 4.84. The molecule has 7 nitrogen and oxygen atoms in total. The molecule has 0 unspecified atom stereocenters. The summed E-state index contributed by atoms with van der Waals surface area (Å²) in [7, 11) is -3.95. The number of hydrogen-bond donors (Lipinski definition) is 1. The number of carbonyl (C=O) groups excluding carboxylic acids is 1. The molecule has 0 bridgehead atoms. The van der Waals surface area contributed by atoms with E-state index in [2.05, 4.69) is 11.9 Å². The maximum atomic E-state index is 12.3. The second-order valence-electron chi connectivity index (χ2n) is 6.92. The second-order valence-corrected chi connectivity index (χ2v) is 8.93. The van der Waals surface area contributed by atoms with Crippen molar-refractivity contribution >= 4 is 27.9 Å². The Morgan fingerprint density at radius 1 is 1.19 bits per heavy atom. The van der Waals surface area contributed by atoms with Crippen LogP contribution in [0.1, 0.15) is 41.6 Å². The summed E-state index contributed by atoms with van der Waals surface area (Å²) >= 11 is 6.14. The molecule has 160 valence electrons. The normalized spacial score (nSPS) is 11.1. The quantitative estimate of drug-likeness (QED) is 0.295. The van der Waals surface area contributed by atoms with Crippen LogP contribution in [0.5, 0.6) is 0 Å². The van der Waals surface area contributed by atoms with Crippen LogP contribution >= 0.6 is 11.6 Å². The van der Waals surface area contributed by atoms with Crippen molar-refractivity contribution < 1.29 is 13.2 Å². The molecule has 0 atom stereocenters. The Bertz CT molecular complexity index is 1230. The van der Waals surface area contributed by atoms with Crippen LogP contribution in [0.3, 0.4) is 0 Å². The minimum absolute atomic E-state index is 0.0239. The molecule has 3 rings (SSSR count). The van der Waals surface area contributed by atoms with Gasteiger partial charge in [-0.1, -0.05) is 67.4 Å². The van der Waals surface area contributed by atoms with E-state index < -0.39 is 10.0 Å². The fourth-order valence-electron chi connectivity index (χ4n) is 3.32. The first kappa shape index (κ1) is 22.5. The predicted octanol–water partition coefficient (Wildman–Crippen LogP) is 4.17. The lowest BCUT2D eigenvalue weighted by Crippen LogP contribution is -2.18. The van der Waals surface area contributed by atoms with E-state index in [1.165, 1.54) is 12.3 Å². The van der Waals surface area contributed by atoms with Gasteiger partial charge in [0.2, 0.25) is 0 Å². The van der Waals surface area contributed by atoms with E-state index in [9.17, 15) is 13.2 Å². The highest BCUT2D eigenvalue weighted by atomic mass is 35.5. The minimum Gasteiger partial charge on any atom is -0.320 e. The number of nitriles is 1. The van der Waals surface area contributed by atoms with Crippen molar-refractivity contribution in [1.82, 2.24) is 14.3 Å². The molecule has 0 saturated carbocycles. The van der Waals surface area contributed by atoms with E-state index in [1.54, 1.807) is 30.3 Å². The molecular weight excluding hydrogens is 436 g/mol. The zero-order valence-corrected chi connectivity index (χ0v) is 18.4. The maximum absolute atomic E-state index is 12.3. The van der Waals surface area contributed by atoms with Gasteiger partial charge in [-0.2, -0.15) is 5.26 Å². The number of hydrogen-bond acceptors (Lipinski definition) is 5. The summed E-state index contributed by atoms with van der Waals surface area (Å²) in [5.74, 6) is 0.761. The number of sulfonamides is 1. The second kappa shape index (κ2) is 9.77. The van der Waals surface area contributed by atoms with Crippen LogP contribution in [0.4, 0.5) is 0 Å². The van der Waals surface area contributed by atoms with Gasteiger partial charge in [-0.25, -0.2) is 18.1 Å². The molecule has 0 saturated heterocycles. The van der Waals surface area contributed by atoms with Gasteiger partial charge in [0.1, 0.15) is 11.5 Å². The molecule has 0 amide bonds. The summed E-state index contributed by atoms with van der Waals surface area (Å²) in [4.78, 5) is 15.9. The van der Waals surface area contributed by atoms with Crippen LogP contribution in [0.25, 0.3) is 11.1 Å².